The lowest BCUT2D eigenvalue weighted by atomic mass is 9.97. The highest BCUT2D eigenvalue weighted by Gasteiger charge is 2.24. The molecule has 68 valence electrons. The molecule has 0 fully saturated rings. The number of Topliss-reactive ketones (excluding diaryl/α,β-unsaturated/α-hetero) is 1. The lowest BCUT2D eigenvalue weighted by Crippen LogP contribution is -2.46. The summed E-state index contributed by atoms with van der Waals surface area (Å²) >= 11 is 0. The third-order valence-corrected chi connectivity index (χ3v) is 1.74. The van der Waals surface area contributed by atoms with Crippen LogP contribution in [0.15, 0.2) is 0 Å². The van der Waals surface area contributed by atoms with Gasteiger partial charge in [-0.2, -0.15) is 0 Å². The Labute approximate surface area is 74.7 Å². The first-order valence-corrected chi connectivity index (χ1v) is 4.22. The summed E-state index contributed by atoms with van der Waals surface area (Å²) in [4.78, 5) is 11.4. The largest absolute Gasteiger partial charge is 0.306 e. The van der Waals surface area contributed by atoms with E-state index in [4.69, 9.17) is 0 Å². The van der Waals surface area contributed by atoms with Crippen molar-refractivity contribution in [3.63, 3.8) is 0 Å². The highest BCUT2D eigenvalue weighted by molar-refractivity contribution is 5.89. The van der Waals surface area contributed by atoms with Crippen molar-refractivity contribution in [2.45, 2.75) is 39.7 Å². The van der Waals surface area contributed by atoms with Crippen molar-refractivity contribution >= 4 is 5.78 Å². The first kappa shape index (κ1) is 11.2. The Hall–Kier alpha value is -0.810. The maximum atomic E-state index is 11.4. The van der Waals surface area contributed by atoms with Gasteiger partial charge in [0.1, 0.15) is 0 Å². The first-order valence-electron chi connectivity index (χ1n) is 4.22. The molecule has 0 bridgehead atoms. The molecule has 0 saturated carbocycles. The van der Waals surface area contributed by atoms with E-state index in [9.17, 15) is 4.79 Å². The normalized spacial score (nSPS) is 10.3. The summed E-state index contributed by atoms with van der Waals surface area (Å²) in [7, 11) is 0. The van der Waals surface area contributed by atoms with Gasteiger partial charge in [-0.05, 0) is 27.3 Å². The Morgan fingerprint density at radius 3 is 2.50 bits per heavy atom. The molecule has 1 N–H and O–H groups in total. The molecule has 0 aromatic carbocycles. The van der Waals surface area contributed by atoms with Gasteiger partial charge in [0.15, 0.2) is 5.78 Å². The smallest absolute Gasteiger partial charge is 0.164 e. The number of nitrogens with one attached hydrogen (secondary N) is 1. The van der Waals surface area contributed by atoms with Gasteiger partial charge in [-0.25, -0.2) is 0 Å². The molecular weight excluding hydrogens is 150 g/mol. The van der Waals surface area contributed by atoms with Crippen molar-refractivity contribution in [3.05, 3.63) is 0 Å². The van der Waals surface area contributed by atoms with Gasteiger partial charge in [-0.1, -0.05) is 12.8 Å². The van der Waals surface area contributed by atoms with Crippen molar-refractivity contribution < 1.29 is 4.79 Å². The van der Waals surface area contributed by atoms with Crippen LogP contribution >= 0.6 is 0 Å². The Morgan fingerprint density at radius 2 is 2.08 bits per heavy atom. The van der Waals surface area contributed by atoms with Gasteiger partial charge in [0.2, 0.25) is 0 Å². The van der Waals surface area contributed by atoms with E-state index in [0.717, 1.165) is 6.54 Å². The number of carbonyl (C=O) groups excluding carboxylic acids is 1. The van der Waals surface area contributed by atoms with Crippen LogP contribution in [0.2, 0.25) is 0 Å². The molecule has 0 amide bonds. The Kier molecular flexibility index (Phi) is 4.61. The van der Waals surface area contributed by atoms with Crippen LogP contribution in [0.1, 0.15) is 34.1 Å². The number of hydrogen-bond acceptors (Lipinski definition) is 2. The Balaban J connectivity index is 4.11. The molecule has 0 rings (SSSR count). The van der Waals surface area contributed by atoms with Crippen LogP contribution in [-0.4, -0.2) is 17.9 Å². The summed E-state index contributed by atoms with van der Waals surface area (Å²) < 4.78 is 0. The van der Waals surface area contributed by atoms with Crippen LogP contribution in [0.5, 0.6) is 0 Å². The van der Waals surface area contributed by atoms with E-state index in [2.05, 4.69) is 17.2 Å². The quantitative estimate of drug-likeness (QED) is 0.640. The second-order valence-corrected chi connectivity index (χ2v) is 3.18. The van der Waals surface area contributed by atoms with E-state index in [1.807, 2.05) is 20.8 Å². The standard InChI is InChI=1S/C10H17NO/c1-5-7-8-9(12)10(3,4)11-6-2/h11H,6,8H2,1-4H3. The van der Waals surface area contributed by atoms with Gasteiger partial charge in [0, 0.05) is 0 Å². The molecule has 0 aromatic heterocycles. The van der Waals surface area contributed by atoms with E-state index >= 15 is 0 Å². The number of ketones is 1. The molecule has 0 radical (unpaired) electrons. The zero-order chi connectivity index (χ0) is 9.61. The molecule has 0 spiro atoms. The van der Waals surface area contributed by atoms with Crippen molar-refractivity contribution in [2.75, 3.05) is 6.54 Å². The second kappa shape index (κ2) is 4.95. The monoisotopic (exact) mass is 167 g/mol. The Bertz CT molecular complexity index is 208. The summed E-state index contributed by atoms with van der Waals surface area (Å²) in [5.41, 5.74) is -0.432. The highest BCUT2D eigenvalue weighted by atomic mass is 16.1. The number of likely N-dealkylation sites (N-methyl/N-ethyl adjacent to an activating group) is 1. The molecule has 2 heteroatoms. The van der Waals surface area contributed by atoms with Crippen LogP contribution in [0.4, 0.5) is 0 Å². The third-order valence-electron chi connectivity index (χ3n) is 1.74. The van der Waals surface area contributed by atoms with Crippen LogP contribution in [0, 0.1) is 11.8 Å². The summed E-state index contributed by atoms with van der Waals surface area (Å²) in [6, 6.07) is 0. The zero-order valence-corrected chi connectivity index (χ0v) is 8.32. The van der Waals surface area contributed by atoms with E-state index in [1.165, 1.54) is 0 Å². The molecule has 0 aliphatic heterocycles. The maximum absolute atomic E-state index is 11.4. The van der Waals surface area contributed by atoms with E-state index in [-0.39, 0.29) is 5.78 Å². The zero-order valence-electron chi connectivity index (χ0n) is 8.32. The van der Waals surface area contributed by atoms with Gasteiger partial charge < -0.3 is 5.32 Å². The first-order chi connectivity index (χ1) is 5.54. The lowest BCUT2D eigenvalue weighted by molar-refractivity contribution is -0.123. The fraction of sp³-hybridized carbons (Fsp3) is 0.700. The number of carbonyl (C=O) groups is 1. The van der Waals surface area contributed by atoms with E-state index in [1.54, 1.807) is 6.92 Å². The van der Waals surface area contributed by atoms with Crippen molar-refractivity contribution in [1.82, 2.24) is 5.32 Å². The summed E-state index contributed by atoms with van der Waals surface area (Å²) in [5, 5.41) is 3.11. The maximum Gasteiger partial charge on any atom is 0.164 e. The van der Waals surface area contributed by atoms with Crippen molar-refractivity contribution in [2.24, 2.45) is 0 Å². The van der Waals surface area contributed by atoms with Gasteiger partial charge >= 0.3 is 0 Å². The molecule has 0 unspecified atom stereocenters. The lowest BCUT2D eigenvalue weighted by Gasteiger charge is -2.22. The molecule has 0 heterocycles. The van der Waals surface area contributed by atoms with Crippen LogP contribution < -0.4 is 5.32 Å². The minimum atomic E-state index is -0.432. The van der Waals surface area contributed by atoms with Gasteiger partial charge in [0.25, 0.3) is 0 Å². The number of rotatable bonds is 4. The summed E-state index contributed by atoms with van der Waals surface area (Å²) in [5.74, 6) is 5.64. The predicted octanol–water partition coefficient (Wildman–Crippen LogP) is 1.36. The second-order valence-electron chi connectivity index (χ2n) is 3.18. The van der Waals surface area contributed by atoms with Crippen LogP contribution in [0.25, 0.3) is 0 Å². The van der Waals surface area contributed by atoms with Crippen molar-refractivity contribution in [3.8, 4) is 11.8 Å². The van der Waals surface area contributed by atoms with E-state index < -0.39 is 5.54 Å². The van der Waals surface area contributed by atoms with Gasteiger partial charge in [0.05, 0.1) is 12.0 Å². The average Bonchev–Trinajstić information content (AvgIpc) is 2.00. The van der Waals surface area contributed by atoms with E-state index in [0.29, 0.717) is 6.42 Å². The predicted molar refractivity (Wildman–Crippen MR) is 50.8 cm³/mol. The third kappa shape index (κ3) is 3.54. The van der Waals surface area contributed by atoms with Gasteiger partial charge in [-0.15, -0.1) is 5.92 Å². The van der Waals surface area contributed by atoms with Crippen LogP contribution in [0.3, 0.4) is 0 Å². The minimum absolute atomic E-state index is 0.152. The highest BCUT2D eigenvalue weighted by Crippen LogP contribution is 2.05. The molecular formula is C10H17NO. The molecule has 0 aromatic rings. The topological polar surface area (TPSA) is 29.1 Å². The van der Waals surface area contributed by atoms with Crippen molar-refractivity contribution in [1.29, 1.82) is 0 Å². The molecule has 0 atom stereocenters. The van der Waals surface area contributed by atoms with Crippen LogP contribution in [-0.2, 0) is 4.79 Å². The molecule has 0 aliphatic rings. The SMILES string of the molecule is CC#CCC(=O)C(C)(C)NCC. The Morgan fingerprint density at radius 1 is 1.50 bits per heavy atom. The molecule has 2 nitrogen and oxygen atoms in total. The molecule has 0 saturated heterocycles. The van der Waals surface area contributed by atoms with Gasteiger partial charge in [-0.3, -0.25) is 4.79 Å². The molecule has 0 aliphatic carbocycles. The average molecular weight is 167 g/mol. The number of hydrogen-bond donors (Lipinski definition) is 1. The summed E-state index contributed by atoms with van der Waals surface area (Å²) in [6.45, 7) is 8.30. The summed E-state index contributed by atoms with van der Waals surface area (Å²) in [6.07, 6.45) is 0.344. The fourth-order valence-corrected chi connectivity index (χ4v) is 0.930. The minimum Gasteiger partial charge on any atom is -0.306 e. The molecule has 12 heavy (non-hydrogen) atoms. The fourth-order valence-electron chi connectivity index (χ4n) is 0.930.